The molecule has 0 heterocycles. The van der Waals surface area contributed by atoms with Gasteiger partial charge in [-0.2, -0.15) is 0 Å². The Balaban J connectivity index is 2.24. The third-order valence-corrected chi connectivity index (χ3v) is 2.18. The second-order valence-electron chi connectivity index (χ2n) is 3.48. The molecule has 4 heteroatoms. The summed E-state index contributed by atoms with van der Waals surface area (Å²) in [5.41, 5.74) is 5.72. The molecular formula is C10H11FN2O. The van der Waals surface area contributed by atoms with Crippen LogP contribution in [-0.2, 0) is 0 Å². The molecule has 0 atom stereocenters. The molecule has 0 aliphatic heterocycles. The molecule has 0 spiro atoms. The van der Waals surface area contributed by atoms with Gasteiger partial charge in [-0.1, -0.05) is 0 Å². The van der Waals surface area contributed by atoms with Gasteiger partial charge in [0.1, 0.15) is 5.82 Å². The normalized spacial score (nSPS) is 15.2. The van der Waals surface area contributed by atoms with Crippen LogP contribution in [0.2, 0.25) is 0 Å². The highest BCUT2D eigenvalue weighted by atomic mass is 19.1. The summed E-state index contributed by atoms with van der Waals surface area (Å²) >= 11 is 0. The molecule has 3 N–H and O–H groups in total. The fraction of sp³-hybridized carbons (Fsp3) is 0.300. The summed E-state index contributed by atoms with van der Waals surface area (Å²) in [4.78, 5) is 10.8. The number of anilines is 1. The van der Waals surface area contributed by atoms with E-state index in [4.69, 9.17) is 5.73 Å². The van der Waals surface area contributed by atoms with E-state index in [2.05, 4.69) is 5.32 Å². The van der Waals surface area contributed by atoms with Crippen LogP contribution in [0.25, 0.3) is 0 Å². The van der Waals surface area contributed by atoms with Gasteiger partial charge in [-0.3, -0.25) is 4.79 Å². The Morgan fingerprint density at radius 2 is 2.21 bits per heavy atom. The van der Waals surface area contributed by atoms with Crippen LogP contribution in [0, 0.1) is 5.82 Å². The number of hydrogen-bond donors (Lipinski definition) is 2. The van der Waals surface area contributed by atoms with Crippen LogP contribution >= 0.6 is 0 Å². The maximum Gasteiger partial charge on any atom is 0.251 e. The van der Waals surface area contributed by atoms with Crippen molar-refractivity contribution < 1.29 is 9.18 Å². The average Bonchev–Trinajstić information content (AvgIpc) is 2.92. The number of nitrogens with one attached hydrogen (secondary N) is 1. The van der Waals surface area contributed by atoms with E-state index in [0.29, 0.717) is 6.04 Å². The predicted molar refractivity (Wildman–Crippen MR) is 51.6 cm³/mol. The summed E-state index contributed by atoms with van der Waals surface area (Å²) in [5.74, 6) is -1.30. The van der Waals surface area contributed by atoms with Crippen LogP contribution in [0.3, 0.4) is 0 Å². The van der Waals surface area contributed by atoms with Crippen molar-refractivity contribution in [3.63, 3.8) is 0 Å². The summed E-state index contributed by atoms with van der Waals surface area (Å²) in [5, 5.41) is 3.16. The maximum absolute atomic E-state index is 13.0. The molecule has 0 bridgehead atoms. The average molecular weight is 194 g/mol. The largest absolute Gasteiger partial charge is 0.382 e. The first-order valence-corrected chi connectivity index (χ1v) is 4.52. The molecule has 1 amide bonds. The van der Waals surface area contributed by atoms with E-state index in [0.717, 1.165) is 18.5 Å². The van der Waals surface area contributed by atoms with E-state index in [-0.39, 0.29) is 5.56 Å². The SMILES string of the molecule is NC(=O)c1cc(NC2CC2)ccc1F. The molecule has 74 valence electrons. The van der Waals surface area contributed by atoms with Crippen LogP contribution in [0.4, 0.5) is 10.1 Å². The summed E-state index contributed by atoms with van der Waals surface area (Å²) in [6, 6.07) is 4.79. The highest BCUT2D eigenvalue weighted by Gasteiger charge is 2.21. The van der Waals surface area contributed by atoms with E-state index in [1.165, 1.54) is 12.1 Å². The molecule has 1 fully saturated rings. The van der Waals surface area contributed by atoms with Gasteiger partial charge in [0.15, 0.2) is 0 Å². The smallest absolute Gasteiger partial charge is 0.251 e. The number of amides is 1. The lowest BCUT2D eigenvalue weighted by Gasteiger charge is -2.06. The van der Waals surface area contributed by atoms with Gasteiger partial charge in [-0.25, -0.2) is 4.39 Å². The van der Waals surface area contributed by atoms with Crippen LogP contribution in [0.15, 0.2) is 18.2 Å². The van der Waals surface area contributed by atoms with Crippen molar-refractivity contribution in [3.8, 4) is 0 Å². The zero-order valence-electron chi connectivity index (χ0n) is 7.59. The topological polar surface area (TPSA) is 55.1 Å². The third kappa shape index (κ3) is 1.84. The summed E-state index contributed by atoms with van der Waals surface area (Å²) in [6.07, 6.45) is 2.26. The number of nitrogens with two attached hydrogens (primary N) is 1. The van der Waals surface area contributed by atoms with E-state index < -0.39 is 11.7 Å². The van der Waals surface area contributed by atoms with Gasteiger partial charge in [-0.05, 0) is 31.0 Å². The molecule has 0 aromatic heterocycles. The lowest BCUT2D eigenvalue weighted by atomic mass is 10.2. The van der Waals surface area contributed by atoms with Crippen molar-refractivity contribution in [3.05, 3.63) is 29.6 Å². The fourth-order valence-corrected chi connectivity index (χ4v) is 1.27. The van der Waals surface area contributed by atoms with Crippen LogP contribution in [0.5, 0.6) is 0 Å². The van der Waals surface area contributed by atoms with E-state index in [1.807, 2.05) is 0 Å². The Morgan fingerprint density at radius 3 is 2.79 bits per heavy atom. The minimum Gasteiger partial charge on any atom is -0.382 e. The molecule has 0 unspecified atom stereocenters. The predicted octanol–water partition coefficient (Wildman–Crippen LogP) is 1.50. The van der Waals surface area contributed by atoms with E-state index in [9.17, 15) is 9.18 Å². The van der Waals surface area contributed by atoms with Crippen molar-refractivity contribution in [2.24, 2.45) is 5.73 Å². The molecule has 1 saturated carbocycles. The van der Waals surface area contributed by atoms with Crippen LogP contribution in [0.1, 0.15) is 23.2 Å². The van der Waals surface area contributed by atoms with Gasteiger partial charge in [0.2, 0.25) is 0 Å². The van der Waals surface area contributed by atoms with Gasteiger partial charge >= 0.3 is 0 Å². The summed E-state index contributed by atoms with van der Waals surface area (Å²) in [6.45, 7) is 0. The molecule has 1 aliphatic rings. The van der Waals surface area contributed by atoms with Crippen LogP contribution in [-0.4, -0.2) is 11.9 Å². The number of carbonyl (C=O) groups excluding carboxylic acids is 1. The Bertz CT molecular complexity index is 374. The Labute approximate surface area is 81.1 Å². The minimum atomic E-state index is -0.734. The second kappa shape index (κ2) is 3.29. The summed E-state index contributed by atoms with van der Waals surface area (Å²) in [7, 11) is 0. The highest BCUT2D eigenvalue weighted by molar-refractivity contribution is 5.94. The maximum atomic E-state index is 13.0. The van der Waals surface area contributed by atoms with Gasteiger partial charge in [0, 0.05) is 11.7 Å². The van der Waals surface area contributed by atoms with E-state index >= 15 is 0 Å². The third-order valence-electron chi connectivity index (χ3n) is 2.18. The Morgan fingerprint density at radius 1 is 1.50 bits per heavy atom. The number of carbonyl (C=O) groups is 1. The monoisotopic (exact) mass is 194 g/mol. The van der Waals surface area contributed by atoms with Gasteiger partial charge in [-0.15, -0.1) is 0 Å². The number of rotatable bonds is 3. The molecule has 1 aromatic carbocycles. The first-order chi connectivity index (χ1) is 6.66. The minimum absolute atomic E-state index is 0.0596. The molecule has 3 nitrogen and oxygen atoms in total. The first-order valence-electron chi connectivity index (χ1n) is 4.52. The Hall–Kier alpha value is -1.58. The van der Waals surface area contributed by atoms with Gasteiger partial charge < -0.3 is 11.1 Å². The number of benzene rings is 1. The zero-order valence-corrected chi connectivity index (χ0v) is 7.59. The molecule has 1 aliphatic carbocycles. The fourth-order valence-electron chi connectivity index (χ4n) is 1.27. The molecular weight excluding hydrogens is 183 g/mol. The van der Waals surface area contributed by atoms with E-state index in [1.54, 1.807) is 6.07 Å². The number of primary amides is 1. The number of halogens is 1. The molecule has 0 saturated heterocycles. The highest BCUT2D eigenvalue weighted by Crippen LogP contribution is 2.25. The first kappa shape index (κ1) is 8.99. The molecule has 2 rings (SSSR count). The zero-order chi connectivity index (χ0) is 10.1. The lowest BCUT2D eigenvalue weighted by molar-refractivity contribution is 0.0996. The van der Waals surface area contributed by atoms with Crippen molar-refractivity contribution in [2.45, 2.75) is 18.9 Å². The van der Waals surface area contributed by atoms with Gasteiger partial charge in [0.05, 0.1) is 5.56 Å². The molecule has 1 aromatic rings. The quantitative estimate of drug-likeness (QED) is 0.766. The lowest BCUT2D eigenvalue weighted by Crippen LogP contribution is -2.14. The van der Waals surface area contributed by atoms with Crippen LogP contribution < -0.4 is 11.1 Å². The van der Waals surface area contributed by atoms with Crippen molar-refractivity contribution in [1.82, 2.24) is 0 Å². The Kier molecular flexibility index (Phi) is 2.11. The number of hydrogen-bond acceptors (Lipinski definition) is 2. The van der Waals surface area contributed by atoms with Crippen molar-refractivity contribution in [1.29, 1.82) is 0 Å². The summed E-state index contributed by atoms with van der Waals surface area (Å²) < 4.78 is 13.0. The standard InChI is InChI=1S/C10H11FN2O/c11-9-4-3-7(13-6-1-2-6)5-8(9)10(12)14/h3-6,13H,1-2H2,(H2,12,14). The molecule has 0 radical (unpaired) electrons. The second-order valence-corrected chi connectivity index (χ2v) is 3.48. The van der Waals surface area contributed by atoms with Gasteiger partial charge in [0.25, 0.3) is 5.91 Å². The van der Waals surface area contributed by atoms with Crippen molar-refractivity contribution in [2.75, 3.05) is 5.32 Å². The van der Waals surface area contributed by atoms with Crippen molar-refractivity contribution >= 4 is 11.6 Å². The molecule has 14 heavy (non-hydrogen) atoms.